The molecule has 1 amide bonds. The average Bonchev–Trinajstić information content (AvgIpc) is 3.20. The summed E-state index contributed by atoms with van der Waals surface area (Å²) in [5.41, 5.74) is 4.48. The van der Waals surface area contributed by atoms with Crippen molar-refractivity contribution in [1.29, 1.82) is 0 Å². The Hall–Kier alpha value is -4.41. The molecule has 8 nitrogen and oxygen atoms in total. The van der Waals surface area contributed by atoms with Gasteiger partial charge in [0.05, 0.1) is 16.3 Å². The fourth-order valence-corrected chi connectivity index (χ4v) is 6.45. The Morgan fingerprint density at radius 3 is 2.24 bits per heavy atom. The lowest BCUT2D eigenvalue weighted by molar-refractivity contribution is 0.102. The summed E-state index contributed by atoms with van der Waals surface area (Å²) < 4.78 is 32.4. The molecule has 42 heavy (non-hydrogen) atoms. The quantitative estimate of drug-likeness (QED) is 0.225. The lowest BCUT2D eigenvalue weighted by Gasteiger charge is -2.18. The Morgan fingerprint density at radius 2 is 1.57 bits per heavy atom. The number of benzene rings is 4. The Balaban J connectivity index is 1.41. The van der Waals surface area contributed by atoms with Crippen LogP contribution in [0.2, 0.25) is 0 Å². The second kappa shape index (κ2) is 11.5. The van der Waals surface area contributed by atoms with E-state index in [1.165, 1.54) is 29.9 Å². The van der Waals surface area contributed by atoms with Gasteiger partial charge in [0, 0.05) is 29.8 Å². The molecule has 0 aliphatic carbocycles. The van der Waals surface area contributed by atoms with Gasteiger partial charge in [0.15, 0.2) is 0 Å². The van der Waals surface area contributed by atoms with Gasteiger partial charge in [0.2, 0.25) is 0 Å². The van der Waals surface area contributed by atoms with E-state index in [1.54, 1.807) is 49.0 Å². The highest BCUT2D eigenvalue weighted by Crippen LogP contribution is 2.28. The van der Waals surface area contributed by atoms with Crippen molar-refractivity contribution in [3.63, 3.8) is 0 Å². The van der Waals surface area contributed by atoms with Crippen molar-refractivity contribution < 1.29 is 13.2 Å². The zero-order chi connectivity index (χ0) is 30.2. The molecule has 214 valence electrons. The van der Waals surface area contributed by atoms with Crippen LogP contribution in [0.25, 0.3) is 16.8 Å². The van der Waals surface area contributed by atoms with E-state index in [9.17, 15) is 18.0 Å². The van der Waals surface area contributed by atoms with Gasteiger partial charge >= 0.3 is 0 Å². The molecule has 0 aliphatic heterocycles. The van der Waals surface area contributed by atoms with Gasteiger partial charge in [0.1, 0.15) is 5.69 Å². The predicted octanol–water partition coefficient (Wildman–Crippen LogP) is 6.30. The highest BCUT2D eigenvalue weighted by atomic mass is 79.9. The van der Waals surface area contributed by atoms with Gasteiger partial charge in [-0.25, -0.2) is 13.1 Å². The molecule has 0 bridgehead atoms. The minimum Gasteiger partial charge on any atom is -0.322 e. The molecule has 0 aliphatic rings. The summed E-state index contributed by atoms with van der Waals surface area (Å²) in [7, 11) is -1.13. The normalized spacial score (nSPS) is 11.4. The maximum Gasteiger partial charge on any atom is 0.296 e. The van der Waals surface area contributed by atoms with E-state index in [-0.39, 0.29) is 16.1 Å². The van der Waals surface area contributed by atoms with Gasteiger partial charge in [-0.15, -0.1) is 0 Å². The van der Waals surface area contributed by atoms with Gasteiger partial charge in [-0.3, -0.25) is 18.6 Å². The molecule has 0 saturated carbocycles. The van der Waals surface area contributed by atoms with Crippen LogP contribution in [0.15, 0.2) is 111 Å². The number of carbonyl (C=O) groups excluding carboxylic acids is 1. The molecule has 4 aromatic carbocycles. The Bertz CT molecular complexity index is 1960. The molecule has 0 spiro atoms. The molecule has 1 aromatic heterocycles. The highest BCUT2D eigenvalue weighted by Gasteiger charge is 2.29. The minimum atomic E-state index is -4.17. The predicted molar refractivity (Wildman–Crippen MR) is 170 cm³/mol. The number of sulfonamides is 1. The molecule has 1 heterocycles. The van der Waals surface area contributed by atoms with Crippen LogP contribution in [-0.4, -0.2) is 30.7 Å². The number of halogens is 1. The minimum absolute atomic E-state index is 0.0255. The molecule has 1 N–H and O–H groups in total. The van der Waals surface area contributed by atoms with Crippen molar-refractivity contribution in [1.82, 2.24) is 9.36 Å². The molecule has 0 saturated heterocycles. The Labute approximate surface area is 253 Å². The first kappa shape index (κ1) is 29.1. The first-order valence-corrected chi connectivity index (χ1v) is 15.3. The van der Waals surface area contributed by atoms with Gasteiger partial charge in [-0.05, 0) is 85.1 Å². The number of nitrogens with one attached hydrogen (secondary N) is 1. The molecule has 5 aromatic rings. The van der Waals surface area contributed by atoms with Gasteiger partial charge in [-0.2, -0.15) is 0 Å². The molecule has 0 radical (unpaired) electrons. The summed E-state index contributed by atoms with van der Waals surface area (Å²) in [6.07, 6.45) is 0. The van der Waals surface area contributed by atoms with Gasteiger partial charge in [-0.1, -0.05) is 58.4 Å². The van der Waals surface area contributed by atoms with Crippen LogP contribution in [0.3, 0.4) is 0 Å². The Kier molecular flexibility index (Phi) is 7.94. The van der Waals surface area contributed by atoms with E-state index in [0.29, 0.717) is 17.1 Å². The van der Waals surface area contributed by atoms with Crippen LogP contribution in [0, 0.1) is 13.8 Å². The third-order valence-electron chi connectivity index (χ3n) is 7.23. The monoisotopic (exact) mass is 644 g/mol. The van der Waals surface area contributed by atoms with Crippen molar-refractivity contribution in [2.45, 2.75) is 18.7 Å². The van der Waals surface area contributed by atoms with E-state index in [0.717, 1.165) is 25.5 Å². The SMILES string of the molecule is Cc1cc(NC(=O)c2cccc(S(=O)(=O)N(C)c3c(C)n(C)n(-c4ccccc4)c3=O)c2)ccc1-c1ccc(Br)cc1. The van der Waals surface area contributed by atoms with Crippen molar-refractivity contribution in [3.05, 3.63) is 129 Å². The van der Waals surface area contributed by atoms with E-state index in [2.05, 4.69) is 21.2 Å². The van der Waals surface area contributed by atoms with E-state index < -0.39 is 21.5 Å². The van der Waals surface area contributed by atoms with Crippen molar-refractivity contribution in [3.8, 4) is 16.8 Å². The van der Waals surface area contributed by atoms with E-state index in [1.807, 2.05) is 55.5 Å². The van der Waals surface area contributed by atoms with Gasteiger partial charge in [0.25, 0.3) is 21.5 Å². The van der Waals surface area contributed by atoms with Crippen LogP contribution < -0.4 is 15.2 Å². The zero-order valence-electron chi connectivity index (χ0n) is 23.5. The molecule has 0 unspecified atom stereocenters. The number of anilines is 2. The summed E-state index contributed by atoms with van der Waals surface area (Å²) >= 11 is 3.45. The number of para-hydroxylation sites is 1. The van der Waals surface area contributed by atoms with Crippen LogP contribution >= 0.6 is 15.9 Å². The highest BCUT2D eigenvalue weighted by molar-refractivity contribution is 9.10. The number of hydrogen-bond acceptors (Lipinski definition) is 4. The van der Waals surface area contributed by atoms with E-state index >= 15 is 0 Å². The van der Waals surface area contributed by atoms with Crippen molar-refractivity contribution in [2.24, 2.45) is 7.05 Å². The average molecular weight is 646 g/mol. The zero-order valence-corrected chi connectivity index (χ0v) is 25.9. The fraction of sp³-hybridized carbons (Fsp3) is 0.125. The number of rotatable bonds is 7. The molecule has 10 heteroatoms. The van der Waals surface area contributed by atoms with Gasteiger partial charge < -0.3 is 5.32 Å². The number of amides is 1. The first-order valence-electron chi connectivity index (χ1n) is 13.1. The number of aromatic nitrogens is 2. The summed E-state index contributed by atoms with van der Waals surface area (Å²) in [5, 5.41) is 2.86. The molecule has 5 rings (SSSR count). The third-order valence-corrected chi connectivity index (χ3v) is 9.51. The molecule has 0 atom stereocenters. The number of nitrogens with zero attached hydrogens (tertiary/aromatic N) is 3. The molecular weight excluding hydrogens is 616 g/mol. The topological polar surface area (TPSA) is 93.4 Å². The lowest BCUT2D eigenvalue weighted by atomic mass is 10.00. The molecule has 0 fully saturated rings. The first-order chi connectivity index (χ1) is 20.0. The fourth-order valence-electron chi connectivity index (χ4n) is 4.89. The lowest BCUT2D eigenvalue weighted by Crippen LogP contribution is -2.32. The molecular formula is C32H29BrN4O4S. The standard InChI is InChI=1S/C32H29BrN4O4S/c1-21-19-26(17-18-29(21)23-13-15-25(33)16-14-23)34-31(38)24-9-8-12-28(20-24)42(40,41)36(4)30-22(2)35(3)37(32(30)39)27-10-6-5-7-11-27/h5-20H,1-4H3,(H,34,38). The number of hydrogen-bond donors (Lipinski definition) is 1. The third kappa shape index (κ3) is 5.43. The van der Waals surface area contributed by atoms with Crippen LogP contribution in [-0.2, 0) is 17.1 Å². The summed E-state index contributed by atoms with van der Waals surface area (Å²) in [5.74, 6) is -0.451. The number of carbonyl (C=O) groups is 1. The van der Waals surface area contributed by atoms with Crippen LogP contribution in [0.4, 0.5) is 11.4 Å². The summed E-state index contributed by atoms with van der Waals surface area (Å²) in [6, 6.07) is 28.4. The maximum atomic E-state index is 13.7. The number of aryl methyl sites for hydroxylation is 1. The van der Waals surface area contributed by atoms with Crippen LogP contribution in [0.1, 0.15) is 21.6 Å². The smallest absolute Gasteiger partial charge is 0.296 e. The van der Waals surface area contributed by atoms with Crippen LogP contribution in [0.5, 0.6) is 0 Å². The van der Waals surface area contributed by atoms with E-state index in [4.69, 9.17) is 0 Å². The maximum absolute atomic E-state index is 13.7. The largest absolute Gasteiger partial charge is 0.322 e. The summed E-state index contributed by atoms with van der Waals surface area (Å²) in [6.45, 7) is 3.66. The summed E-state index contributed by atoms with van der Waals surface area (Å²) in [4.78, 5) is 26.5. The Morgan fingerprint density at radius 1 is 0.881 bits per heavy atom. The second-order valence-electron chi connectivity index (χ2n) is 9.90. The van der Waals surface area contributed by atoms with Crippen molar-refractivity contribution in [2.75, 3.05) is 16.7 Å². The second-order valence-corrected chi connectivity index (χ2v) is 12.8. The van der Waals surface area contributed by atoms with Crippen molar-refractivity contribution >= 4 is 43.2 Å².